The van der Waals surface area contributed by atoms with Crippen LogP contribution >= 0.6 is 11.3 Å². The van der Waals surface area contributed by atoms with Crippen molar-refractivity contribution in [3.63, 3.8) is 0 Å². The number of rotatable bonds is 4. The van der Waals surface area contributed by atoms with Crippen LogP contribution in [0.25, 0.3) is 27.1 Å². The van der Waals surface area contributed by atoms with Crippen LogP contribution in [0.15, 0.2) is 30.3 Å². The molecule has 0 aliphatic carbocycles. The normalized spacial score (nSPS) is 11.7. The van der Waals surface area contributed by atoms with Crippen LogP contribution in [0.3, 0.4) is 0 Å². The molecule has 24 heavy (non-hydrogen) atoms. The highest BCUT2D eigenvalue weighted by Gasteiger charge is 2.17. The van der Waals surface area contributed by atoms with Crippen LogP contribution < -0.4 is 0 Å². The molecule has 0 bridgehead atoms. The summed E-state index contributed by atoms with van der Waals surface area (Å²) in [4.78, 5) is 0.678. The van der Waals surface area contributed by atoms with Gasteiger partial charge in [-0.1, -0.05) is 25.2 Å². The number of H-pyrrole nitrogens is 1. The Morgan fingerprint density at radius 2 is 2.00 bits per heavy atom. The smallest absolute Gasteiger partial charge is 0.235 e. The van der Waals surface area contributed by atoms with Gasteiger partial charge in [0, 0.05) is 11.3 Å². The van der Waals surface area contributed by atoms with Gasteiger partial charge in [-0.3, -0.25) is 5.10 Å². The first kappa shape index (κ1) is 14.9. The molecule has 0 spiro atoms. The number of hydrogen-bond donors (Lipinski definition) is 1. The highest BCUT2D eigenvalue weighted by Crippen LogP contribution is 2.27. The third kappa shape index (κ3) is 2.69. The van der Waals surface area contributed by atoms with Crippen LogP contribution in [-0.2, 0) is 6.42 Å². The second-order valence-electron chi connectivity index (χ2n) is 6.01. The minimum Gasteiger partial charge on any atom is -0.282 e. The number of nitrogens with one attached hydrogen (secondary N) is 1. The molecular formula is C16H15FN6S. The van der Waals surface area contributed by atoms with Crippen LogP contribution in [0.4, 0.5) is 4.39 Å². The van der Waals surface area contributed by atoms with Crippen molar-refractivity contribution in [2.24, 2.45) is 5.92 Å². The Morgan fingerprint density at radius 1 is 1.21 bits per heavy atom. The summed E-state index contributed by atoms with van der Waals surface area (Å²) in [5.41, 5.74) is 2.63. The molecule has 0 saturated carbocycles. The summed E-state index contributed by atoms with van der Waals surface area (Å²) in [5.74, 6) is 0.874. The lowest BCUT2D eigenvalue weighted by atomic mass is 10.1. The molecule has 8 heteroatoms. The molecule has 0 amide bonds. The fourth-order valence-electron chi connectivity index (χ4n) is 2.51. The van der Waals surface area contributed by atoms with Crippen LogP contribution in [0.1, 0.15) is 19.5 Å². The molecule has 0 saturated heterocycles. The van der Waals surface area contributed by atoms with E-state index in [9.17, 15) is 4.39 Å². The Bertz CT molecular complexity index is 982. The molecule has 1 N–H and O–H groups in total. The van der Waals surface area contributed by atoms with Crippen LogP contribution in [0.5, 0.6) is 0 Å². The minimum atomic E-state index is -0.267. The van der Waals surface area contributed by atoms with Gasteiger partial charge in [-0.25, -0.2) is 4.39 Å². The first-order valence-corrected chi connectivity index (χ1v) is 8.44. The van der Waals surface area contributed by atoms with Crippen molar-refractivity contribution >= 4 is 16.3 Å². The van der Waals surface area contributed by atoms with Crippen molar-refractivity contribution in [1.82, 2.24) is 30.0 Å². The first-order chi connectivity index (χ1) is 11.6. The monoisotopic (exact) mass is 342 g/mol. The summed E-state index contributed by atoms with van der Waals surface area (Å²) in [7, 11) is 0. The van der Waals surface area contributed by atoms with E-state index >= 15 is 0 Å². The molecule has 122 valence electrons. The maximum atomic E-state index is 13.1. The third-order valence-corrected chi connectivity index (χ3v) is 4.52. The predicted octanol–water partition coefficient (Wildman–Crippen LogP) is 3.58. The number of nitrogens with zero attached hydrogens (tertiary/aromatic N) is 5. The quantitative estimate of drug-likeness (QED) is 0.615. The topological polar surface area (TPSA) is 71.8 Å². The van der Waals surface area contributed by atoms with Gasteiger partial charge in [-0.15, -0.1) is 10.2 Å². The molecule has 4 rings (SSSR count). The summed E-state index contributed by atoms with van der Waals surface area (Å²) >= 11 is 1.41. The van der Waals surface area contributed by atoms with E-state index in [1.165, 1.54) is 23.5 Å². The van der Waals surface area contributed by atoms with E-state index < -0.39 is 0 Å². The standard InChI is InChI=1S/C16H15FN6S/c1-9(2)7-12-8-13(19-18-12)14-20-21-16-23(14)22-15(24-16)10-3-5-11(17)6-4-10/h3-6,8-9H,7H2,1-2H3,(H,18,19). The maximum Gasteiger partial charge on any atom is 0.235 e. The zero-order valence-corrected chi connectivity index (χ0v) is 14.0. The van der Waals surface area contributed by atoms with Crippen LogP contribution in [0.2, 0.25) is 0 Å². The predicted molar refractivity (Wildman–Crippen MR) is 90.2 cm³/mol. The first-order valence-electron chi connectivity index (χ1n) is 7.63. The van der Waals surface area contributed by atoms with Crippen molar-refractivity contribution in [1.29, 1.82) is 0 Å². The molecule has 0 unspecified atom stereocenters. The number of fused-ring (bicyclic) bond motifs is 1. The lowest BCUT2D eigenvalue weighted by Gasteiger charge is -1.98. The number of aromatic amines is 1. The highest BCUT2D eigenvalue weighted by molar-refractivity contribution is 7.19. The molecule has 0 atom stereocenters. The average Bonchev–Trinajstić information content (AvgIpc) is 3.22. The average molecular weight is 342 g/mol. The molecule has 4 aromatic rings. The SMILES string of the molecule is CC(C)Cc1cc(-c2nnc3sc(-c4ccc(F)cc4)nn23)n[nH]1. The third-order valence-electron chi connectivity index (χ3n) is 3.57. The molecule has 1 aromatic carbocycles. The highest BCUT2D eigenvalue weighted by atomic mass is 32.1. The number of halogens is 1. The lowest BCUT2D eigenvalue weighted by molar-refractivity contribution is 0.628. The summed E-state index contributed by atoms with van der Waals surface area (Å²) in [6.45, 7) is 4.32. The van der Waals surface area contributed by atoms with Gasteiger partial charge in [-0.2, -0.15) is 14.7 Å². The van der Waals surface area contributed by atoms with E-state index in [1.807, 2.05) is 6.07 Å². The molecule has 0 fully saturated rings. The van der Waals surface area contributed by atoms with Crippen molar-refractivity contribution in [3.05, 3.63) is 41.8 Å². The van der Waals surface area contributed by atoms with E-state index in [2.05, 4.69) is 39.3 Å². The van der Waals surface area contributed by atoms with Crippen molar-refractivity contribution in [2.75, 3.05) is 0 Å². The van der Waals surface area contributed by atoms with E-state index in [0.29, 0.717) is 22.4 Å². The molecule has 3 aromatic heterocycles. The molecular weight excluding hydrogens is 327 g/mol. The Balaban J connectivity index is 1.72. The van der Waals surface area contributed by atoms with Crippen molar-refractivity contribution in [2.45, 2.75) is 20.3 Å². The van der Waals surface area contributed by atoms with Crippen molar-refractivity contribution < 1.29 is 4.39 Å². The molecule has 0 aliphatic heterocycles. The largest absolute Gasteiger partial charge is 0.282 e. The van der Waals surface area contributed by atoms with E-state index in [4.69, 9.17) is 0 Å². The van der Waals surface area contributed by atoms with Gasteiger partial charge in [0.25, 0.3) is 0 Å². The Morgan fingerprint density at radius 3 is 2.75 bits per heavy atom. The van der Waals surface area contributed by atoms with E-state index in [1.54, 1.807) is 16.6 Å². The summed E-state index contributed by atoms with van der Waals surface area (Å²) in [6, 6.07) is 8.23. The zero-order chi connectivity index (χ0) is 16.7. The second-order valence-corrected chi connectivity index (χ2v) is 6.96. The second kappa shape index (κ2) is 5.79. The van der Waals surface area contributed by atoms with Gasteiger partial charge >= 0.3 is 0 Å². The van der Waals surface area contributed by atoms with Gasteiger partial charge in [-0.05, 0) is 42.7 Å². The number of hydrogen-bond acceptors (Lipinski definition) is 5. The Hall–Kier alpha value is -2.61. The summed E-state index contributed by atoms with van der Waals surface area (Å²) in [5, 5.41) is 21.0. The van der Waals surface area contributed by atoms with Gasteiger partial charge in [0.2, 0.25) is 10.8 Å². The fraction of sp³-hybridized carbons (Fsp3) is 0.250. The molecule has 6 nitrogen and oxygen atoms in total. The minimum absolute atomic E-state index is 0.267. The molecule has 0 aliphatic rings. The van der Waals surface area contributed by atoms with Gasteiger partial charge in [0.05, 0.1) is 0 Å². The Kier molecular flexibility index (Phi) is 3.61. The summed E-state index contributed by atoms with van der Waals surface area (Å²) in [6.07, 6.45) is 0.923. The van der Waals surface area contributed by atoms with Gasteiger partial charge in [0.1, 0.15) is 16.5 Å². The molecule has 0 radical (unpaired) electrons. The maximum absolute atomic E-state index is 13.1. The van der Waals surface area contributed by atoms with Gasteiger partial charge in [0.15, 0.2) is 0 Å². The Labute approximate surface area is 141 Å². The molecule has 3 heterocycles. The zero-order valence-electron chi connectivity index (χ0n) is 13.2. The summed E-state index contributed by atoms with van der Waals surface area (Å²) < 4.78 is 14.7. The van der Waals surface area contributed by atoms with E-state index in [-0.39, 0.29) is 5.82 Å². The van der Waals surface area contributed by atoms with Crippen molar-refractivity contribution in [3.8, 4) is 22.1 Å². The van der Waals surface area contributed by atoms with Crippen LogP contribution in [0, 0.1) is 11.7 Å². The lowest BCUT2D eigenvalue weighted by Crippen LogP contribution is -1.93. The number of aromatic nitrogens is 6. The fourth-order valence-corrected chi connectivity index (χ4v) is 3.35. The van der Waals surface area contributed by atoms with E-state index in [0.717, 1.165) is 22.7 Å². The number of benzene rings is 1. The van der Waals surface area contributed by atoms with Crippen LogP contribution in [-0.4, -0.2) is 30.0 Å². The van der Waals surface area contributed by atoms with Gasteiger partial charge < -0.3 is 0 Å².